The summed E-state index contributed by atoms with van der Waals surface area (Å²) in [6, 6.07) is 62.2. The average molecular weight is 1370 g/mol. The molecule has 0 atom stereocenters. The minimum absolute atomic E-state index is 0.154. The molecule has 15 aromatic rings. The van der Waals surface area contributed by atoms with E-state index in [0.29, 0.717) is 35.2 Å². The zero-order valence-corrected chi connectivity index (χ0v) is 58.7. The number of anilines is 3. The number of benzene rings is 6. The number of carbonyl (C=O) groups excluding carboxylic acids is 1. The Morgan fingerprint density at radius 2 is 0.731 bits per heavy atom. The predicted octanol–water partition coefficient (Wildman–Crippen LogP) is 15.2. The van der Waals surface area contributed by atoms with Crippen molar-refractivity contribution in [3.8, 4) is 67.5 Å². The lowest BCUT2D eigenvalue weighted by Crippen LogP contribution is -2.37. The van der Waals surface area contributed by atoms with Crippen LogP contribution < -0.4 is 22.5 Å². The van der Waals surface area contributed by atoms with Crippen LogP contribution in [0.25, 0.3) is 117 Å². The zero-order chi connectivity index (χ0) is 70.6. The van der Waals surface area contributed by atoms with Gasteiger partial charge in [0.2, 0.25) is 5.91 Å². The van der Waals surface area contributed by atoms with Crippen LogP contribution in [0.15, 0.2) is 219 Å². The fourth-order valence-corrected chi connectivity index (χ4v) is 15.3. The molecule has 3 aliphatic rings. The Kier molecular flexibility index (Phi) is 19.0. The number of piperidine rings is 3. The van der Waals surface area contributed by atoms with E-state index in [1.54, 1.807) is 25.5 Å². The Balaban J connectivity index is 0.000000120. The summed E-state index contributed by atoms with van der Waals surface area (Å²) in [5.41, 5.74) is 36.2. The first-order chi connectivity index (χ1) is 51.0. The van der Waals surface area contributed by atoms with E-state index in [2.05, 4.69) is 173 Å². The van der Waals surface area contributed by atoms with Gasteiger partial charge in [-0.1, -0.05) is 153 Å². The molecular weight excluding hydrogens is 1290 g/mol. The largest absolute Gasteiger partial charge is 0.382 e. The highest BCUT2D eigenvalue weighted by molar-refractivity contribution is 5.94. The van der Waals surface area contributed by atoms with Crippen LogP contribution in [0, 0.1) is 17.8 Å². The van der Waals surface area contributed by atoms with Crippen molar-refractivity contribution in [1.29, 1.82) is 0 Å². The zero-order valence-electron chi connectivity index (χ0n) is 58.7. The van der Waals surface area contributed by atoms with Gasteiger partial charge in [0, 0.05) is 126 Å². The standard InChI is InChI=1S/C29H28N6O.C29H30N6.C27H26N6/c1-19(36)34-14-11-20(12-15-34)17-26-33-27(28-29(30)31-13-16-35(26)28)23-8-7-22-9-10-24(32-25(22)18-23)21-5-3-2-4-6-21;1-2-34-15-12-20(13-16-34)18-26-33-27(28-29(30)31-14-17-35(26)28)23-9-8-22-10-11-24(32-25(22)19-23)21-6-4-3-5-7-21;28-27-26-25(32-24(33(26)15-14-30-27)16-18-10-12-29-13-11-18)21-7-6-20-8-9-22(31-23(20)17-21)19-4-2-1-3-5-19/h2-10,13,16,18,20H,11-12,14-15,17H2,1H3,(H2,30,31);3-11,14,17,19-20H,2,12-13,15-16,18H2,1H3,(H2,30,31);1-9,14-15,17-18,29H,10-13,16H2,(H2,28,30). The van der Waals surface area contributed by atoms with E-state index in [-0.39, 0.29) is 5.91 Å². The van der Waals surface area contributed by atoms with E-state index < -0.39 is 0 Å². The van der Waals surface area contributed by atoms with Gasteiger partial charge in [-0.2, -0.15) is 0 Å². The number of aromatic nitrogens is 12. The van der Waals surface area contributed by atoms with Crippen molar-refractivity contribution >= 4 is 72.6 Å². The molecule has 0 aliphatic carbocycles. The van der Waals surface area contributed by atoms with E-state index in [4.69, 9.17) is 47.1 Å². The number of pyridine rings is 3. The van der Waals surface area contributed by atoms with Crippen LogP contribution in [0.3, 0.4) is 0 Å². The monoisotopic (exact) mass is 1370 g/mol. The van der Waals surface area contributed by atoms with Gasteiger partial charge >= 0.3 is 0 Å². The van der Waals surface area contributed by atoms with Gasteiger partial charge in [0.05, 0.1) is 33.6 Å². The van der Waals surface area contributed by atoms with Crippen LogP contribution in [0.5, 0.6) is 0 Å². The molecule has 1 amide bonds. The van der Waals surface area contributed by atoms with Gasteiger partial charge in [-0.25, -0.2) is 44.9 Å². The second-order valence-corrected chi connectivity index (χ2v) is 27.8. The van der Waals surface area contributed by atoms with Crippen molar-refractivity contribution in [2.75, 3.05) is 63.0 Å². The number of nitrogen functional groups attached to an aromatic ring is 3. The number of carbonyl (C=O) groups is 1. The Morgan fingerprint density at radius 3 is 1.07 bits per heavy atom. The lowest BCUT2D eigenvalue weighted by atomic mass is 9.93. The molecule has 3 fully saturated rings. The van der Waals surface area contributed by atoms with Crippen molar-refractivity contribution in [3.05, 3.63) is 237 Å². The lowest BCUT2D eigenvalue weighted by Gasteiger charge is -2.31. The Hall–Kier alpha value is -11.8. The van der Waals surface area contributed by atoms with E-state index in [1.165, 1.54) is 38.8 Å². The fourth-order valence-electron chi connectivity index (χ4n) is 15.3. The molecule has 0 bridgehead atoms. The van der Waals surface area contributed by atoms with Crippen LogP contribution in [-0.4, -0.2) is 120 Å². The fraction of sp³-hybridized carbons (Fsp3) is 0.247. The van der Waals surface area contributed by atoms with E-state index in [9.17, 15) is 4.79 Å². The molecule has 3 aliphatic heterocycles. The maximum absolute atomic E-state index is 11.7. The summed E-state index contributed by atoms with van der Waals surface area (Å²) in [6.07, 6.45) is 20.6. The van der Waals surface area contributed by atoms with Crippen LogP contribution in [0.4, 0.5) is 17.5 Å². The third kappa shape index (κ3) is 14.0. The highest BCUT2D eigenvalue weighted by atomic mass is 16.2. The normalized spacial score (nSPS) is 14.8. The van der Waals surface area contributed by atoms with Crippen LogP contribution >= 0.6 is 0 Å². The maximum Gasteiger partial charge on any atom is 0.219 e. The van der Waals surface area contributed by atoms with Gasteiger partial charge in [-0.3, -0.25) is 18.0 Å². The minimum atomic E-state index is 0.154. The molecule has 0 unspecified atom stereocenters. The third-order valence-corrected chi connectivity index (χ3v) is 21.2. The number of fused-ring (bicyclic) bond motifs is 6. The number of amides is 1. The van der Waals surface area contributed by atoms with Crippen LogP contribution in [0.1, 0.15) is 69.8 Å². The van der Waals surface area contributed by atoms with Gasteiger partial charge in [0.15, 0.2) is 0 Å². The first-order valence-electron chi connectivity index (χ1n) is 36.4. The van der Waals surface area contributed by atoms with Crippen molar-refractivity contribution < 1.29 is 4.79 Å². The van der Waals surface area contributed by atoms with E-state index >= 15 is 0 Å². The first kappa shape index (κ1) is 66.7. The van der Waals surface area contributed by atoms with Crippen LogP contribution in [0.2, 0.25) is 0 Å². The van der Waals surface area contributed by atoms with Crippen molar-refractivity contribution in [1.82, 2.24) is 73.2 Å². The molecule has 19 heteroatoms. The summed E-state index contributed by atoms with van der Waals surface area (Å²) < 4.78 is 6.34. The molecule has 0 spiro atoms. The summed E-state index contributed by atoms with van der Waals surface area (Å²) in [5.74, 6) is 6.45. The summed E-state index contributed by atoms with van der Waals surface area (Å²) >= 11 is 0. The van der Waals surface area contributed by atoms with Crippen molar-refractivity contribution in [3.63, 3.8) is 0 Å². The van der Waals surface area contributed by atoms with Gasteiger partial charge < -0.3 is 32.3 Å². The molecular formula is C85H84N18O. The molecule has 520 valence electrons. The Labute approximate surface area is 604 Å². The van der Waals surface area contributed by atoms with Gasteiger partial charge in [0.25, 0.3) is 0 Å². The molecule has 6 aromatic carbocycles. The first-order valence-corrected chi connectivity index (χ1v) is 36.4. The highest BCUT2D eigenvalue weighted by Gasteiger charge is 2.27. The number of hydrogen-bond acceptors (Lipinski definition) is 15. The lowest BCUT2D eigenvalue weighted by molar-refractivity contribution is -0.130. The number of imidazole rings is 3. The van der Waals surface area contributed by atoms with E-state index in [1.807, 2.05) is 78.1 Å². The van der Waals surface area contributed by atoms with Crippen molar-refractivity contribution in [2.24, 2.45) is 17.8 Å². The summed E-state index contributed by atoms with van der Waals surface area (Å²) in [4.78, 5) is 59.5. The number of nitrogens with one attached hydrogen (secondary N) is 1. The molecule has 3 saturated heterocycles. The molecule has 7 N–H and O–H groups in total. The van der Waals surface area contributed by atoms with Gasteiger partial charge in [-0.15, -0.1) is 0 Å². The topological polar surface area (TPSA) is 243 Å². The Morgan fingerprint density at radius 1 is 0.404 bits per heavy atom. The van der Waals surface area contributed by atoms with Gasteiger partial charge in [-0.05, 0) is 125 Å². The predicted molar refractivity (Wildman–Crippen MR) is 417 cm³/mol. The molecule has 0 saturated carbocycles. The summed E-state index contributed by atoms with van der Waals surface area (Å²) in [7, 11) is 0. The molecule has 19 nitrogen and oxygen atoms in total. The third-order valence-electron chi connectivity index (χ3n) is 21.2. The minimum Gasteiger partial charge on any atom is -0.382 e. The molecule has 0 radical (unpaired) electrons. The average Bonchev–Trinajstić information content (AvgIpc) is 1.56. The number of likely N-dealkylation sites (tertiary alicyclic amines) is 2. The number of hydrogen-bond donors (Lipinski definition) is 4. The van der Waals surface area contributed by atoms with E-state index in [0.717, 1.165) is 199 Å². The smallest absolute Gasteiger partial charge is 0.219 e. The van der Waals surface area contributed by atoms with Crippen molar-refractivity contribution in [2.45, 2.75) is 71.6 Å². The molecule has 9 aromatic heterocycles. The SMILES string of the molecule is CC(=O)N1CCC(Cc2nc(-c3ccc4ccc(-c5ccccc5)nc4c3)c3c(N)nccn23)CC1.CCN1CCC(Cc2nc(-c3ccc4ccc(-c5ccccc5)nc4c3)c3c(N)nccn23)CC1.Nc1nccn2c(CC3CCNCC3)nc(-c3ccc4ccc(-c5ccccc5)nc4c3)c12. The van der Waals surface area contributed by atoms with Gasteiger partial charge in [0.1, 0.15) is 68.6 Å². The number of rotatable bonds is 13. The highest BCUT2D eigenvalue weighted by Crippen LogP contribution is 2.37. The number of nitrogens with two attached hydrogens (primary N) is 3. The van der Waals surface area contributed by atoms with Crippen LogP contribution in [-0.2, 0) is 24.1 Å². The molecule has 12 heterocycles. The maximum atomic E-state index is 11.7. The quantitative estimate of drug-likeness (QED) is 0.0839. The summed E-state index contributed by atoms with van der Waals surface area (Å²) in [6.45, 7) is 11.1. The summed E-state index contributed by atoms with van der Waals surface area (Å²) in [5, 5.41) is 6.72. The second kappa shape index (κ2) is 29.6. The molecule has 18 rings (SSSR count). The Bertz CT molecular complexity index is 5580. The molecule has 104 heavy (non-hydrogen) atoms. The second-order valence-electron chi connectivity index (χ2n) is 27.8. The number of nitrogens with zero attached hydrogens (tertiary/aromatic N) is 14.